The van der Waals surface area contributed by atoms with Crippen LogP contribution in [0.25, 0.3) is 0 Å². The molecular formula is C12HCl10N. The van der Waals surface area contributed by atoms with Crippen LogP contribution < -0.4 is 5.32 Å². The average Bonchev–Trinajstić information content (AvgIpc) is 2.54. The summed E-state index contributed by atoms with van der Waals surface area (Å²) in [6.07, 6.45) is 0. The van der Waals surface area contributed by atoms with Crippen molar-refractivity contribution in [3.8, 4) is 0 Å². The summed E-state index contributed by atoms with van der Waals surface area (Å²) in [7, 11) is 0. The van der Waals surface area contributed by atoms with E-state index in [0.29, 0.717) is 0 Å². The normalized spacial score (nSPS) is 11.0. The van der Waals surface area contributed by atoms with Gasteiger partial charge in [0, 0.05) is 0 Å². The topological polar surface area (TPSA) is 12.0 Å². The van der Waals surface area contributed by atoms with Crippen LogP contribution in [0.5, 0.6) is 0 Å². The molecular weight excluding hydrogens is 513 g/mol. The van der Waals surface area contributed by atoms with Crippen molar-refractivity contribution in [3.05, 3.63) is 50.2 Å². The molecule has 0 aromatic heterocycles. The molecule has 0 spiro atoms. The molecule has 0 atom stereocenters. The summed E-state index contributed by atoms with van der Waals surface area (Å²) >= 11 is 60.4. The van der Waals surface area contributed by atoms with Crippen molar-refractivity contribution >= 4 is 127 Å². The zero-order chi connectivity index (χ0) is 17.6. The molecule has 2 aromatic rings. The lowest BCUT2D eigenvalue weighted by Crippen LogP contribution is -1.97. The lowest BCUT2D eigenvalue weighted by Gasteiger charge is -2.18. The molecule has 0 radical (unpaired) electrons. The monoisotopic (exact) mass is 509 g/mol. The molecule has 0 aliphatic heterocycles. The Kier molecular flexibility index (Phi) is 6.93. The molecule has 124 valence electrons. The van der Waals surface area contributed by atoms with Gasteiger partial charge < -0.3 is 5.32 Å². The SMILES string of the molecule is Clc1c(Cl)c(Cl)c(Nc2c(Cl)c(Cl)c(Cl)c(Cl)c2Cl)c(Cl)c1Cl. The van der Waals surface area contributed by atoms with Gasteiger partial charge in [-0.15, -0.1) is 0 Å². The first kappa shape index (κ1) is 20.5. The highest BCUT2D eigenvalue weighted by Gasteiger charge is 2.24. The molecule has 0 amide bonds. The maximum absolute atomic E-state index is 6.14. The quantitative estimate of drug-likeness (QED) is 0.311. The van der Waals surface area contributed by atoms with Crippen molar-refractivity contribution in [1.29, 1.82) is 0 Å². The fraction of sp³-hybridized carbons (Fsp3) is 0. The van der Waals surface area contributed by atoms with E-state index in [4.69, 9.17) is 116 Å². The fourth-order valence-electron chi connectivity index (χ4n) is 1.55. The summed E-state index contributed by atoms with van der Waals surface area (Å²) in [5, 5.41) is 2.91. The highest BCUT2D eigenvalue weighted by molar-refractivity contribution is 6.58. The van der Waals surface area contributed by atoms with Crippen molar-refractivity contribution in [3.63, 3.8) is 0 Å². The molecule has 11 heteroatoms. The van der Waals surface area contributed by atoms with Crippen LogP contribution in [0.15, 0.2) is 0 Å². The van der Waals surface area contributed by atoms with Crippen LogP contribution in [0.4, 0.5) is 11.4 Å². The first-order chi connectivity index (χ1) is 10.6. The molecule has 1 nitrogen and oxygen atoms in total. The third-order valence-electron chi connectivity index (χ3n) is 2.67. The van der Waals surface area contributed by atoms with Gasteiger partial charge in [0.25, 0.3) is 0 Å². The molecule has 0 heterocycles. The summed E-state index contributed by atoms with van der Waals surface area (Å²) in [5.74, 6) is 0. The van der Waals surface area contributed by atoms with Crippen LogP contribution in [0.3, 0.4) is 0 Å². The van der Waals surface area contributed by atoms with E-state index in [9.17, 15) is 0 Å². The summed E-state index contributed by atoms with van der Waals surface area (Å²) in [6, 6.07) is 0. The van der Waals surface area contributed by atoms with E-state index in [1.807, 2.05) is 0 Å². The molecule has 0 bridgehead atoms. The van der Waals surface area contributed by atoms with Crippen LogP contribution >= 0.6 is 116 Å². The number of nitrogens with one attached hydrogen (secondary N) is 1. The van der Waals surface area contributed by atoms with Crippen LogP contribution in [-0.4, -0.2) is 0 Å². The number of hydrogen-bond donors (Lipinski definition) is 1. The zero-order valence-corrected chi connectivity index (χ0v) is 17.8. The molecule has 0 unspecified atom stereocenters. The zero-order valence-electron chi connectivity index (χ0n) is 10.3. The highest BCUT2D eigenvalue weighted by atomic mass is 35.5. The van der Waals surface area contributed by atoms with Gasteiger partial charge in [-0.1, -0.05) is 116 Å². The summed E-state index contributed by atoms with van der Waals surface area (Å²) in [5.41, 5.74) is 0.261. The summed E-state index contributed by atoms with van der Waals surface area (Å²) in [6.45, 7) is 0. The maximum atomic E-state index is 6.14. The van der Waals surface area contributed by atoms with Gasteiger partial charge in [0.15, 0.2) is 0 Å². The van der Waals surface area contributed by atoms with E-state index in [-0.39, 0.29) is 61.6 Å². The van der Waals surface area contributed by atoms with Crippen LogP contribution in [0.2, 0.25) is 50.2 Å². The number of benzene rings is 2. The van der Waals surface area contributed by atoms with Crippen molar-refractivity contribution in [1.82, 2.24) is 0 Å². The third kappa shape index (κ3) is 3.66. The predicted molar refractivity (Wildman–Crippen MR) is 106 cm³/mol. The molecule has 0 saturated heterocycles. The Balaban J connectivity index is 2.71. The van der Waals surface area contributed by atoms with Gasteiger partial charge >= 0.3 is 0 Å². The van der Waals surface area contributed by atoms with Crippen molar-refractivity contribution < 1.29 is 0 Å². The molecule has 1 N–H and O–H groups in total. The third-order valence-corrected chi connectivity index (χ3v) is 7.22. The van der Waals surface area contributed by atoms with E-state index in [2.05, 4.69) is 5.32 Å². The number of rotatable bonds is 2. The predicted octanol–water partition coefficient (Wildman–Crippen LogP) is 9.96. The van der Waals surface area contributed by atoms with Gasteiger partial charge in [0.05, 0.1) is 61.6 Å². The van der Waals surface area contributed by atoms with E-state index in [1.54, 1.807) is 0 Å². The van der Waals surface area contributed by atoms with Crippen LogP contribution in [0, 0.1) is 0 Å². The van der Waals surface area contributed by atoms with Gasteiger partial charge in [0.2, 0.25) is 0 Å². The van der Waals surface area contributed by atoms with E-state index in [0.717, 1.165) is 0 Å². The Morgan fingerprint density at radius 3 is 0.696 bits per heavy atom. The van der Waals surface area contributed by atoms with Crippen molar-refractivity contribution in [2.75, 3.05) is 5.32 Å². The fourth-order valence-corrected chi connectivity index (χ4v) is 4.02. The molecule has 0 aliphatic rings. The molecule has 0 fully saturated rings. The van der Waals surface area contributed by atoms with Crippen molar-refractivity contribution in [2.45, 2.75) is 0 Å². The van der Waals surface area contributed by atoms with Gasteiger partial charge in [-0.2, -0.15) is 0 Å². The first-order valence-electron chi connectivity index (χ1n) is 5.39. The Hall–Kier alpha value is 1.14. The van der Waals surface area contributed by atoms with Gasteiger partial charge in [-0.05, 0) is 0 Å². The minimum atomic E-state index is 0.00337. The average molecular weight is 514 g/mol. The van der Waals surface area contributed by atoms with Crippen LogP contribution in [-0.2, 0) is 0 Å². The molecule has 2 aromatic carbocycles. The molecule has 23 heavy (non-hydrogen) atoms. The Morgan fingerprint density at radius 2 is 0.478 bits per heavy atom. The minimum Gasteiger partial charge on any atom is -0.350 e. The number of anilines is 2. The van der Waals surface area contributed by atoms with E-state index < -0.39 is 0 Å². The van der Waals surface area contributed by atoms with Gasteiger partial charge in [-0.25, -0.2) is 0 Å². The lowest BCUT2D eigenvalue weighted by atomic mass is 10.2. The standard InChI is InChI=1S/C12HCl10N/c13-1-3(15)7(19)11(8(20)4(1)16)23-12-9(21)5(17)2(14)6(18)10(12)22/h23H. The largest absolute Gasteiger partial charge is 0.350 e. The number of hydrogen-bond acceptors (Lipinski definition) is 1. The smallest absolute Gasteiger partial charge is 0.0858 e. The second-order valence-corrected chi connectivity index (χ2v) is 7.79. The molecule has 2 rings (SSSR count). The van der Waals surface area contributed by atoms with Gasteiger partial charge in [0.1, 0.15) is 0 Å². The Labute approximate surface area is 181 Å². The summed E-state index contributed by atoms with van der Waals surface area (Å²) < 4.78 is 0. The van der Waals surface area contributed by atoms with E-state index >= 15 is 0 Å². The van der Waals surface area contributed by atoms with Crippen LogP contribution in [0.1, 0.15) is 0 Å². The number of halogens is 10. The second kappa shape index (κ2) is 7.80. The minimum absolute atomic E-state index is 0.00337. The highest BCUT2D eigenvalue weighted by Crippen LogP contribution is 2.52. The van der Waals surface area contributed by atoms with E-state index in [1.165, 1.54) is 0 Å². The summed E-state index contributed by atoms with van der Waals surface area (Å²) in [4.78, 5) is 0. The first-order valence-corrected chi connectivity index (χ1v) is 9.17. The second-order valence-electron chi connectivity index (χ2n) is 4.01. The maximum Gasteiger partial charge on any atom is 0.0858 e. The lowest BCUT2D eigenvalue weighted by molar-refractivity contribution is 1.54. The Morgan fingerprint density at radius 1 is 0.304 bits per heavy atom. The van der Waals surface area contributed by atoms with Gasteiger partial charge in [-0.3, -0.25) is 0 Å². The Bertz CT molecular complexity index is 691. The van der Waals surface area contributed by atoms with Crippen molar-refractivity contribution in [2.24, 2.45) is 0 Å². The molecule has 0 aliphatic carbocycles. The molecule has 0 saturated carbocycles.